The van der Waals surface area contributed by atoms with Gasteiger partial charge in [-0.3, -0.25) is 19.8 Å². The molecule has 0 radical (unpaired) electrons. The Balaban J connectivity index is 1.88. The maximum Gasteiger partial charge on any atom is 0.311 e. The average Bonchev–Trinajstić information content (AvgIpc) is 2.97. The van der Waals surface area contributed by atoms with Gasteiger partial charge in [0.15, 0.2) is 11.5 Å². The van der Waals surface area contributed by atoms with Gasteiger partial charge >= 0.3 is 5.97 Å². The van der Waals surface area contributed by atoms with Crippen molar-refractivity contribution in [2.75, 3.05) is 12.1 Å². The van der Waals surface area contributed by atoms with Crippen molar-refractivity contribution in [1.82, 2.24) is 5.43 Å². The fraction of sp³-hybridized carbons (Fsp3) is 0.150. The Morgan fingerprint density at radius 1 is 1.14 bits per heavy atom. The first kappa shape index (κ1) is 19.9. The number of nitrogens with one attached hydrogen (secondary N) is 1. The third kappa shape index (κ3) is 4.16. The summed E-state index contributed by atoms with van der Waals surface area (Å²) in [6.07, 6.45) is 1.70. The van der Waals surface area contributed by atoms with E-state index in [1.54, 1.807) is 37.3 Å². The summed E-state index contributed by atoms with van der Waals surface area (Å²) in [6, 6.07) is 12.0. The van der Waals surface area contributed by atoms with Crippen molar-refractivity contribution < 1.29 is 23.9 Å². The number of hydrazine groups is 1. The van der Waals surface area contributed by atoms with Crippen LogP contribution < -0.4 is 19.9 Å². The Labute approximate surface area is 175 Å². The van der Waals surface area contributed by atoms with Gasteiger partial charge in [-0.05, 0) is 70.6 Å². The van der Waals surface area contributed by atoms with Crippen molar-refractivity contribution in [3.8, 4) is 11.5 Å². The molecule has 0 bridgehead atoms. The molecule has 2 aromatic carbocycles. The molecule has 2 aromatic rings. The first-order chi connectivity index (χ1) is 13.4. The molecule has 0 atom stereocenters. The van der Waals surface area contributed by atoms with Crippen LogP contribution in [0.1, 0.15) is 18.9 Å². The van der Waals surface area contributed by atoms with Gasteiger partial charge in [0.1, 0.15) is 5.57 Å². The number of carbonyl (C=O) groups excluding carboxylic acids is 3. The highest BCUT2D eigenvalue weighted by Crippen LogP contribution is 2.30. The number of ether oxygens (including phenoxy) is 2. The van der Waals surface area contributed by atoms with Gasteiger partial charge in [-0.2, -0.15) is 0 Å². The van der Waals surface area contributed by atoms with Gasteiger partial charge in [0, 0.05) is 9.99 Å². The predicted octanol–water partition coefficient (Wildman–Crippen LogP) is 3.08. The SMILES string of the molecule is CCC(=O)Oc1ccc(C=C2C(=O)NN(c3ccc(I)cc3)C2=O)cc1OC. The van der Waals surface area contributed by atoms with Gasteiger partial charge < -0.3 is 9.47 Å². The molecule has 0 aliphatic carbocycles. The molecule has 3 rings (SSSR count). The molecule has 1 fully saturated rings. The molecule has 0 saturated carbocycles. The lowest BCUT2D eigenvalue weighted by molar-refractivity contribution is -0.134. The normalized spacial score (nSPS) is 15.0. The van der Waals surface area contributed by atoms with E-state index < -0.39 is 11.8 Å². The van der Waals surface area contributed by atoms with Crippen LogP contribution >= 0.6 is 22.6 Å². The van der Waals surface area contributed by atoms with E-state index in [4.69, 9.17) is 9.47 Å². The molecule has 1 N–H and O–H groups in total. The van der Waals surface area contributed by atoms with Gasteiger partial charge in [-0.15, -0.1) is 0 Å². The van der Waals surface area contributed by atoms with Gasteiger partial charge in [0.05, 0.1) is 12.8 Å². The second-order valence-corrected chi connectivity index (χ2v) is 7.10. The lowest BCUT2D eigenvalue weighted by Crippen LogP contribution is -2.35. The molecule has 1 aliphatic heterocycles. The van der Waals surface area contributed by atoms with Gasteiger partial charge in [0.25, 0.3) is 11.8 Å². The predicted molar refractivity (Wildman–Crippen MR) is 112 cm³/mol. The molecule has 1 heterocycles. The van der Waals surface area contributed by atoms with Crippen molar-refractivity contribution >= 4 is 52.1 Å². The number of amides is 2. The summed E-state index contributed by atoms with van der Waals surface area (Å²) in [5.74, 6) is -0.728. The fourth-order valence-corrected chi connectivity index (χ4v) is 2.91. The van der Waals surface area contributed by atoms with Crippen LogP contribution in [0, 0.1) is 3.57 Å². The van der Waals surface area contributed by atoms with E-state index in [1.165, 1.54) is 18.2 Å². The minimum atomic E-state index is -0.496. The first-order valence-corrected chi connectivity index (χ1v) is 9.52. The van der Waals surface area contributed by atoms with Crippen LogP contribution in [0.4, 0.5) is 5.69 Å². The monoisotopic (exact) mass is 492 g/mol. The summed E-state index contributed by atoms with van der Waals surface area (Å²) in [5.41, 5.74) is 3.69. The van der Waals surface area contributed by atoms with Crippen molar-refractivity contribution in [2.45, 2.75) is 13.3 Å². The first-order valence-electron chi connectivity index (χ1n) is 8.44. The number of halogens is 1. The Kier molecular flexibility index (Phi) is 5.98. The highest BCUT2D eigenvalue weighted by Gasteiger charge is 2.34. The standard InChI is InChI=1S/C20H17IN2O5/c1-3-18(24)28-16-9-4-12(11-17(16)27-2)10-15-19(25)22-23(20(15)26)14-7-5-13(21)6-8-14/h4-11H,3H2,1-2H3,(H,22,25). The summed E-state index contributed by atoms with van der Waals surface area (Å²) >= 11 is 2.16. The molecule has 144 valence electrons. The Bertz CT molecular complexity index is 969. The van der Waals surface area contributed by atoms with Crippen molar-refractivity contribution in [1.29, 1.82) is 0 Å². The minimum Gasteiger partial charge on any atom is -0.493 e. The molecular weight excluding hydrogens is 475 g/mol. The highest BCUT2D eigenvalue weighted by atomic mass is 127. The van der Waals surface area contributed by atoms with Crippen LogP contribution in [0.15, 0.2) is 48.0 Å². The van der Waals surface area contributed by atoms with E-state index in [1.807, 2.05) is 12.1 Å². The number of anilines is 1. The second kappa shape index (κ2) is 8.42. The number of hydrogen-bond acceptors (Lipinski definition) is 5. The van der Waals surface area contributed by atoms with Gasteiger partial charge in [0.2, 0.25) is 0 Å². The number of rotatable bonds is 5. The molecular formula is C20H17IN2O5. The smallest absolute Gasteiger partial charge is 0.311 e. The van der Waals surface area contributed by atoms with Crippen molar-refractivity contribution in [2.24, 2.45) is 0 Å². The lowest BCUT2D eigenvalue weighted by Gasteiger charge is -2.14. The van der Waals surface area contributed by atoms with Crippen LogP contribution in [0.5, 0.6) is 11.5 Å². The third-order valence-electron chi connectivity index (χ3n) is 3.99. The second-order valence-electron chi connectivity index (χ2n) is 5.85. The highest BCUT2D eigenvalue weighted by molar-refractivity contribution is 14.1. The molecule has 0 aromatic heterocycles. The topological polar surface area (TPSA) is 84.9 Å². The van der Waals surface area contributed by atoms with Crippen LogP contribution in [-0.4, -0.2) is 24.9 Å². The van der Waals surface area contributed by atoms with Crippen molar-refractivity contribution in [3.63, 3.8) is 0 Å². The number of nitrogens with zero attached hydrogens (tertiary/aromatic N) is 1. The molecule has 1 saturated heterocycles. The number of benzene rings is 2. The van der Waals surface area contributed by atoms with Crippen molar-refractivity contribution in [3.05, 3.63) is 57.2 Å². The summed E-state index contributed by atoms with van der Waals surface area (Å²) in [6.45, 7) is 1.69. The molecule has 28 heavy (non-hydrogen) atoms. The number of carbonyl (C=O) groups is 3. The lowest BCUT2D eigenvalue weighted by atomic mass is 10.1. The Morgan fingerprint density at radius 3 is 2.50 bits per heavy atom. The van der Waals surface area contributed by atoms with Crippen LogP contribution in [0.2, 0.25) is 0 Å². The molecule has 7 nitrogen and oxygen atoms in total. The van der Waals surface area contributed by atoms with Gasteiger partial charge in [-0.25, -0.2) is 5.01 Å². The quantitative estimate of drug-likeness (QED) is 0.228. The van der Waals surface area contributed by atoms with Crippen LogP contribution in [0.25, 0.3) is 6.08 Å². The fourth-order valence-electron chi connectivity index (χ4n) is 2.55. The van der Waals surface area contributed by atoms with E-state index in [0.29, 0.717) is 17.0 Å². The zero-order valence-electron chi connectivity index (χ0n) is 15.2. The maximum absolute atomic E-state index is 12.7. The van der Waals surface area contributed by atoms with E-state index in [0.717, 1.165) is 3.57 Å². The number of methoxy groups -OCH3 is 1. The molecule has 0 unspecified atom stereocenters. The molecule has 1 aliphatic rings. The summed E-state index contributed by atoms with van der Waals surface area (Å²) in [4.78, 5) is 36.5. The van der Waals surface area contributed by atoms with Crippen LogP contribution in [0.3, 0.4) is 0 Å². The largest absolute Gasteiger partial charge is 0.493 e. The summed E-state index contributed by atoms with van der Waals surface area (Å²) < 4.78 is 11.5. The zero-order chi connectivity index (χ0) is 20.3. The third-order valence-corrected chi connectivity index (χ3v) is 4.71. The molecule has 2 amide bonds. The molecule has 8 heteroatoms. The number of hydrogen-bond donors (Lipinski definition) is 1. The Morgan fingerprint density at radius 2 is 1.86 bits per heavy atom. The van der Waals surface area contributed by atoms with E-state index in [9.17, 15) is 14.4 Å². The molecule has 0 spiro atoms. The Hall–Kier alpha value is -2.88. The van der Waals surface area contributed by atoms with E-state index in [-0.39, 0.29) is 23.7 Å². The van der Waals surface area contributed by atoms with Gasteiger partial charge in [-0.1, -0.05) is 13.0 Å². The number of esters is 1. The maximum atomic E-state index is 12.7. The minimum absolute atomic E-state index is 0.00101. The zero-order valence-corrected chi connectivity index (χ0v) is 17.3. The van der Waals surface area contributed by atoms with Crippen LogP contribution in [-0.2, 0) is 14.4 Å². The summed E-state index contributed by atoms with van der Waals surface area (Å²) in [5, 5.41) is 1.21. The van der Waals surface area contributed by atoms with E-state index >= 15 is 0 Å². The van der Waals surface area contributed by atoms with E-state index in [2.05, 4.69) is 28.0 Å². The average molecular weight is 492 g/mol. The summed E-state index contributed by atoms with van der Waals surface area (Å²) in [7, 11) is 1.45.